The number of amides is 1. The van der Waals surface area contributed by atoms with Gasteiger partial charge in [-0.2, -0.15) is 4.98 Å². The maximum atomic E-state index is 12.1. The predicted octanol–water partition coefficient (Wildman–Crippen LogP) is 1.64. The molecule has 132 valence electrons. The van der Waals surface area contributed by atoms with Gasteiger partial charge in [0, 0.05) is 38.0 Å². The molecule has 1 atom stereocenters. The quantitative estimate of drug-likeness (QED) is 0.882. The number of aromatic nitrogens is 3. The number of carbonyl (C=O) groups is 1. The van der Waals surface area contributed by atoms with Crippen LogP contribution in [-0.4, -0.2) is 53.4 Å². The minimum absolute atomic E-state index is 0.0347. The highest BCUT2D eigenvalue weighted by molar-refractivity contribution is 5.89. The third-order valence-corrected chi connectivity index (χ3v) is 4.57. The number of hydrogen-bond donors (Lipinski definition) is 1. The monoisotopic (exact) mass is 343 g/mol. The van der Waals surface area contributed by atoms with Crippen LogP contribution in [0.3, 0.4) is 0 Å². The fraction of sp³-hybridized carbons (Fsp3) is 0.529. The van der Waals surface area contributed by atoms with Gasteiger partial charge in [0.2, 0.25) is 5.82 Å². The van der Waals surface area contributed by atoms with Crippen LogP contribution in [-0.2, 0) is 4.74 Å². The fourth-order valence-corrected chi connectivity index (χ4v) is 3.20. The van der Waals surface area contributed by atoms with Crippen molar-refractivity contribution in [2.45, 2.75) is 31.8 Å². The number of hydrogen-bond acceptors (Lipinski definition) is 7. The highest BCUT2D eigenvalue weighted by atomic mass is 16.5. The van der Waals surface area contributed by atoms with Crippen molar-refractivity contribution in [3.8, 4) is 11.4 Å². The number of nitrogens with zero attached hydrogens (tertiary/aromatic N) is 4. The highest BCUT2D eigenvalue weighted by Gasteiger charge is 2.21. The SMILES string of the molecule is O=C(NC[C@H]1CCCO1)c1nc(-c2ccnc(N3CCCC3)c2)no1. The number of ether oxygens (including phenoxy) is 1. The Labute approximate surface area is 145 Å². The van der Waals surface area contributed by atoms with Crippen LogP contribution in [0.25, 0.3) is 11.4 Å². The number of rotatable bonds is 5. The van der Waals surface area contributed by atoms with Gasteiger partial charge in [-0.25, -0.2) is 4.98 Å². The summed E-state index contributed by atoms with van der Waals surface area (Å²) in [6, 6.07) is 3.75. The Kier molecular flexibility index (Phi) is 4.60. The Morgan fingerprint density at radius 1 is 1.32 bits per heavy atom. The molecule has 8 heteroatoms. The van der Waals surface area contributed by atoms with Crippen LogP contribution in [0, 0.1) is 0 Å². The molecule has 0 bridgehead atoms. The Bertz CT molecular complexity index is 735. The van der Waals surface area contributed by atoms with E-state index in [0.29, 0.717) is 12.4 Å². The molecule has 25 heavy (non-hydrogen) atoms. The van der Waals surface area contributed by atoms with E-state index in [9.17, 15) is 4.79 Å². The third kappa shape index (κ3) is 3.63. The van der Waals surface area contributed by atoms with Gasteiger partial charge >= 0.3 is 11.8 Å². The molecule has 8 nitrogen and oxygen atoms in total. The first-order valence-corrected chi connectivity index (χ1v) is 8.74. The lowest BCUT2D eigenvalue weighted by atomic mass is 10.2. The first-order chi connectivity index (χ1) is 12.3. The van der Waals surface area contributed by atoms with E-state index in [-0.39, 0.29) is 17.9 Å². The summed E-state index contributed by atoms with van der Waals surface area (Å²) in [5, 5.41) is 6.71. The summed E-state index contributed by atoms with van der Waals surface area (Å²) in [4.78, 5) is 23.0. The lowest BCUT2D eigenvalue weighted by Crippen LogP contribution is -2.31. The Morgan fingerprint density at radius 3 is 3.00 bits per heavy atom. The van der Waals surface area contributed by atoms with Gasteiger partial charge in [0.05, 0.1) is 6.10 Å². The summed E-state index contributed by atoms with van der Waals surface area (Å²) in [7, 11) is 0. The van der Waals surface area contributed by atoms with Gasteiger partial charge in [0.1, 0.15) is 5.82 Å². The molecule has 2 saturated heterocycles. The molecule has 4 rings (SSSR count). The van der Waals surface area contributed by atoms with Crippen molar-refractivity contribution in [2.24, 2.45) is 0 Å². The maximum absolute atomic E-state index is 12.1. The molecule has 0 unspecified atom stereocenters. The van der Waals surface area contributed by atoms with E-state index in [0.717, 1.165) is 43.9 Å². The largest absolute Gasteiger partial charge is 0.376 e. The summed E-state index contributed by atoms with van der Waals surface area (Å²) in [6.45, 7) is 3.25. The molecule has 0 radical (unpaired) electrons. The molecular weight excluding hydrogens is 322 g/mol. The van der Waals surface area contributed by atoms with E-state index in [1.807, 2.05) is 12.1 Å². The molecule has 0 aromatic carbocycles. The minimum Gasteiger partial charge on any atom is -0.376 e. The smallest absolute Gasteiger partial charge is 0.316 e. The van der Waals surface area contributed by atoms with Crippen LogP contribution < -0.4 is 10.2 Å². The van der Waals surface area contributed by atoms with Gasteiger partial charge in [-0.1, -0.05) is 5.16 Å². The molecular formula is C17H21N5O3. The summed E-state index contributed by atoms with van der Waals surface area (Å²) in [5.74, 6) is 0.893. The van der Waals surface area contributed by atoms with Crippen LogP contribution in [0.15, 0.2) is 22.9 Å². The second-order valence-electron chi connectivity index (χ2n) is 6.37. The second-order valence-corrected chi connectivity index (χ2v) is 6.37. The minimum atomic E-state index is -0.372. The van der Waals surface area contributed by atoms with E-state index in [2.05, 4.69) is 25.3 Å². The number of anilines is 1. The van der Waals surface area contributed by atoms with Crippen LogP contribution in [0.4, 0.5) is 5.82 Å². The molecule has 0 spiro atoms. The van der Waals surface area contributed by atoms with Crippen molar-refractivity contribution in [2.75, 3.05) is 31.1 Å². The van der Waals surface area contributed by atoms with Gasteiger partial charge in [-0.05, 0) is 37.8 Å². The van der Waals surface area contributed by atoms with E-state index in [1.165, 1.54) is 12.8 Å². The summed E-state index contributed by atoms with van der Waals surface area (Å²) >= 11 is 0. The van der Waals surface area contributed by atoms with Crippen molar-refractivity contribution in [1.29, 1.82) is 0 Å². The molecule has 2 aliphatic rings. The van der Waals surface area contributed by atoms with Crippen molar-refractivity contribution in [3.05, 3.63) is 24.2 Å². The molecule has 1 amide bonds. The topological polar surface area (TPSA) is 93.4 Å². The Balaban J connectivity index is 1.43. The Morgan fingerprint density at radius 2 is 2.20 bits per heavy atom. The van der Waals surface area contributed by atoms with E-state index in [1.54, 1.807) is 6.20 Å². The maximum Gasteiger partial charge on any atom is 0.316 e. The summed E-state index contributed by atoms with van der Waals surface area (Å²) in [5.41, 5.74) is 0.791. The van der Waals surface area contributed by atoms with E-state index < -0.39 is 0 Å². The first kappa shape index (κ1) is 16.0. The van der Waals surface area contributed by atoms with Gasteiger partial charge in [-0.3, -0.25) is 4.79 Å². The van der Waals surface area contributed by atoms with Crippen LogP contribution in [0.1, 0.15) is 36.4 Å². The number of pyridine rings is 1. The molecule has 2 aliphatic heterocycles. The average molecular weight is 343 g/mol. The zero-order valence-corrected chi connectivity index (χ0v) is 14.0. The van der Waals surface area contributed by atoms with Crippen molar-refractivity contribution in [1.82, 2.24) is 20.4 Å². The molecule has 0 saturated carbocycles. The Hall–Kier alpha value is -2.48. The zero-order valence-electron chi connectivity index (χ0n) is 14.0. The van der Waals surface area contributed by atoms with Gasteiger partial charge in [0.25, 0.3) is 0 Å². The van der Waals surface area contributed by atoms with Crippen molar-refractivity contribution >= 4 is 11.7 Å². The number of carbonyl (C=O) groups excluding carboxylic acids is 1. The molecule has 2 aromatic heterocycles. The molecule has 2 fully saturated rings. The summed E-state index contributed by atoms with van der Waals surface area (Å²) in [6.07, 6.45) is 6.18. The van der Waals surface area contributed by atoms with Crippen molar-refractivity contribution < 1.29 is 14.1 Å². The third-order valence-electron chi connectivity index (χ3n) is 4.57. The van der Waals surface area contributed by atoms with E-state index in [4.69, 9.17) is 9.26 Å². The second kappa shape index (κ2) is 7.18. The van der Waals surface area contributed by atoms with Crippen LogP contribution in [0.5, 0.6) is 0 Å². The number of nitrogens with one attached hydrogen (secondary N) is 1. The average Bonchev–Trinajstić information content (AvgIpc) is 3.42. The highest BCUT2D eigenvalue weighted by Crippen LogP contribution is 2.23. The van der Waals surface area contributed by atoms with Gasteiger partial charge in [0.15, 0.2) is 0 Å². The molecule has 2 aromatic rings. The van der Waals surface area contributed by atoms with E-state index >= 15 is 0 Å². The molecule has 0 aliphatic carbocycles. The van der Waals surface area contributed by atoms with Crippen LogP contribution in [0.2, 0.25) is 0 Å². The first-order valence-electron chi connectivity index (χ1n) is 8.74. The van der Waals surface area contributed by atoms with Gasteiger partial charge < -0.3 is 19.5 Å². The predicted molar refractivity (Wildman–Crippen MR) is 90.3 cm³/mol. The zero-order chi connectivity index (χ0) is 17.1. The van der Waals surface area contributed by atoms with Gasteiger partial charge in [-0.15, -0.1) is 0 Å². The standard InChI is InChI=1S/C17H21N5O3/c23-16(19-11-13-4-3-9-24-13)17-20-15(21-25-17)12-5-6-18-14(10-12)22-7-1-2-8-22/h5-6,10,13H,1-4,7-9,11H2,(H,19,23)/t13-/m1/s1. The molecule has 1 N–H and O–H groups in total. The lowest BCUT2D eigenvalue weighted by Gasteiger charge is -2.16. The lowest BCUT2D eigenvalue weighted by molar-refractivity contribution is 0.0822. The fourth-order valence-electron chi connectivity index (χ4n) is 3.20. The summed E-state index contributed by atoms with van der Waals surface area (Å²) < 4.78 is 10.6. The van der Waals surface area contributed by atoms with Crippen LogP contribution >= 0.6 is 0 Å². The molecule has 4 heterocycles. The normalized spacial score (nSPS) is 20.2. The van der Waals surface area contributed by atoms with Crippen molar-refractivity contribution in [3.63, 3.8) is 0 Å².